The third-order valence-electron chi connectivity index (χ3n) is 4.82. The van der Waals surface area contributed by atoms with Crippen LogP contribution in [0.25, 0.3) is 0 Å². The Bertz CT molecular complexity index is 447. The molecule has 3 rings (SSSR count). The zero-order valence-electron chi connectivity index (χ0n) is 11.7. The molecule has 19 heavy (non-hydrogen) atoms. The van der Waals surface area contributed by atoms with Crippen LogP contribution in [-0.4, -0.2) is 23.8 Å². The molecule has 1 unspecified atom stereocenters. The van der Waals surface area contributed by atoms with Crippen molar-refractivity contribution in [2.45, 2.75) is 51.5 Å². The van der Waals surface area contributed by atoms with Crippen LogP contribution >= 0.6 is 11.3 Å². The van der Waals surface area contributed by atoms with Crippen LogP contribution < -0.4 is 0 Å². The van der Waals surface area contributed by atoms with Gasteiger partial charge in [-0.2, -0.15) is 0 Å². The normalized spacial score (nSPS) is 25.2. The molecule has 2 heterocycles. The Hall–Kier alpha value is -0.670. The fraction of sp³-hybridized carbons (Fsp3) is 0.688. The number of fused-ring (bicyclic) bond motifs is 1. The van der Waals surface area contributed by atoms with Gasteiger partial charge in [0.2, 0.25) is 0 Å². The Labute approximate surface area is 119 Å². The minimum absolute atomic E-state index is 0.352. The van der Waals surface area contributed by atoms with E-state index in [4.69, 9.17) is 0 Å². The van der Waals surface area contributed by atoms with E-state index in [1.165, 1.54) is 29.7 Å². The molecule has 1 saturated carbocycles. The molecule has 0 saturated heterocycles. The zero-order chi connectivity index (χ0) is 13.2. The van der Waals surface area contributed by atoms with Gasteiger partial charge in [-0.3, -0.25) is 9.69 Å². The Morgan fingerprint density at radius 3 is 2.95 bits per heavy atom. The first kappa shape index (κ1) is 13.3. The molecule has 1 fully saturated rings. The number of carbonyl (C=O) groups is 1. The van der Waals surface area contributed by atoms with Crippen molar-refractivity contribution in [2.75, 3.05) is 13.1 Å². The third kappa shape index (κ3) is 2.77. The van der Waals surface area contributed by atoms with E-state index in [9.17, 15) is 4.79 Å². The molecule has 0 bridgehead atoms. The average molecular weight is 277 g/mol. The van der Waals surface area contributed by atoms with E-state index in [1.807, 2.05) is 11.3 Å². The molecule has 1 aliphatic heterocycles. The summed E-state index contributed by atoms with van der Waals surface area (Å²) in [5, 5.41) is 2.19. The number of thiophene rings is 1. The van der Waals surface area contributed by atoms with Crippen molar-refractivity contribution >= 4 is 17.1 Å². The Balaban J connectivity index is 1.62. The number of Topliss-reactive ketones (excluding diaryl/α,β-unsaturated/α-hetero) is 1. The molecule has 0 N–H and O–H groups in total. The van der Waals surface area contributed by atoms with Crippen molar-refractivity contribution in [1.82, 2.24) is 4.90 Å². The second kappa shape index (κ2) is 5.76. The van der Waals surface area contributed by atoms with Crippen LogP contribution in [0, 0.1) is 5.92 Å². The lowest BCUT2D eigenvalue weighted by atomic mass is 9.85. The largest absolute Gasteiger partial charge is 0.298 e. The Kier molecular flexibility index (Phi) is 4.04. The predicted octanol–water partition coefficient (Wildman–Crippen LogP) is 3.82. The maximum absolute atomic E-state index is 12.4. The molecule has 104 valence electrons. The van der Waals surface area contributed by atoms with Gasteiger partial charge in [-0.1, -0.05) is 19.3 Å². The van der Waals surface area contributed by atoms with E-state index in [0.717, 1.165) is 25.8 Å². The molecule has 0 amide bonds. The van der Waals surface area contributed by atoms with Gasteiger partial charge >= 0.3 is 0 Å². The van der Waals surface area contributed by atoms with Gasteiger partial charge in [-0.15, -0.1) is 11.3 Å². The highest BCUT2D eigenvalue weighted by Crippen LogP contribution is 2.33. The van der Waals surface area contributed by atoms with Gasteiger partial charge in [0.1, 0.15) is 5.78 Å². The number of carbonyl (C=O) groups excluding carboxylic acids is 1. The summed E-state index contributed by atoms with van der Waals surface area (Å²) < 4.78 is 0. The van der Waals surface area contributed by atoms with Crippen LogP contribution in [0.3, 0.4) is 0 Å². The predicted molar refractivity (Wildman–Crippen MR) is 79.6 cm³/mol. The van der Waals surface area contributed by atoms with Crippen LogP contribution in [-0.2, 0) is 11.2 Å². The molecular formula is C16H23NOS. The van der Waals surface area contributed by atoms with E-state index < -0.39 is 0 Å². The second-order valence-corrected chi connectivity index (χ2v) is 7.00. The van der Waals surface area contributed by atoms with Gasteiger partial charge < -0.3 is 0 Å². The van der Waals surface area contributed by atoms with Crippen LogP contribution in [0.2, 0.25) is 0 Å². The van der Waals surface area contributed by atoms with E-state index in [-0.39, 0.29) is 0 Å². The highest BCUT2D eigenvalue weighted by molar-refractivity contribution is 7.10. The molecule has 2 aliphatic rings. The molecule has 0 radical (unpaired) electrons. The third-order valence-corrected chi connectivity index (χ3v) is 5.82. The molecule has 0 aromatic carbocycles. The zero-order valence-corrected chi connectivity index (χ0v) is 12.5. The summed E-state index contributed by atoms with van der Waals surface area (Å²) in [6, 6.07) is 2.66. The maximum atomic E-state index is 12.4. The number of rotatable bonds is 3. The van der Waals surface area contributed by atoms with Crippen LogP contribution in [0.4, 0.5) is 0 Å². The quantitative estimate of drug-likeness (QED) is 0.837. The summed E-state index contributed by atoms with van der Waals surface area (Å²) in [5.41, 5.74) is 1.45. The van der Waals surface area contributed by atoms with Gasteiger partial charge in [0.05, 0.1) is 6.54 Å². The monoisotopic (exact) mass is 277 g/mol. The summed E-state index contributed by atoms with van der Waals surface area (Å²) in [4.78, 5) is 16.3. The molecule has 1 atom stereocenters. The molecular weight excluding hydrogens is 254 g/mol. The minimum atomic E-state index is 0.352. The van der Waals surface area contributed by atoms with Crippen LogP contribution in [0.1, 0.15) is 55.5 Å². The first-order valence-electron chi connectivity index (χ1n) is 7.58. The average Bonchev–Trinajstić information content (AvgIpc) is 2.92. The van der Waals surface area contributed by atoms with E-state index in [1.54, 1.807) is 0 Å². The fourth-order valence-electron chi connectivity index (χ4n) is 3.53. The molecule has 2 nitrogen and oxygen atoms in total. The highest BCUT2D eigenvalue weighted by atomic mass is 32.1. The van der Waals surface area contributed by atoms with Gasteiger partial charge in [0.25, 0.3) is 0 Å². The number of ketones is 1. The molecule has 3 heteroatoms. The van der Waals surface area contributed by atoms with Gasteiger partial charge in [-0.05, 0) is 43.2 Å². The number of hydrogen-bond acceptors (Lipinski definition) is 3. The summed E-state index contributed by atoms with van der Waals surface area (Å²) >= 11 is 1.87. The lowest BCUT2D eigenvalue weighted by Crippen LogP contribution is -2.39. The molecule has 0 spiro atoms. The first-order valence-corrected chi connectivity index (χ1v) is 8.46. The summed E-state index contributed by atoms with van der Waals surface area (Å²) in [6.07, 6.45) is 7.20. The molecule has 1 aromatic heterocycles. The van der Waals surface area contributed by atoms with E-state index >= 15 is 0 Å². The summed E-state index contributed by atoms with van der Waals surface area (Å²) in [5.74, 6) is 0.843. The van der Waals surface area contributed by atoms with Crippen molar-refractivity contribution in [1.29, 1.82) is 0 Å². The SMILES string of the molecule is CC1c2ccsc2CCN1CC(=O)C1CCCCC1. The minimum Gasteiger partial charge on any atom is -0.298 e. The van der Waals surface area contributed by atoms with Gasteiger partial charge in [0, 0.05) is 23.4 Å². The van der Waals surface area contributed by atoms with Crippen molar-refractivity contribution < 1.29 is 4.79 Å². The number of nitrogens with zero attached hydrogens (tertiary/aromatic N) is 1. The van der Waals surface area contributed by atoms with Crippen molar-refractivity contribution in [3.63, 3.8) is 0 Å². The number of hydrogen-bond donors (Lipinski definition) is 0. The summed E-state index contributed by atoms with van der Waals surface area (Å²) in [6.45, 7) is 3.97. The highest BCUT2D eigenvalue weighted by Gasteiger charge is 2.29. The smallest absolute Gasteiger partial charge is 0.149 e. The van der Waals surface area contributed by atoms with E-state index in [0.29, 0.717) is 24.3 Å². The fourth-order valence-corrected chi connectivity index (χ4v) is 4.49. The molecule has 1 aromatic rings. The van der Waals surface area contributed by atoms with Crippen molar-refractivity contribution in [3.8, 4) is 0 Å². The first-order chi connectivity index (χ1) is 9.25. The maximum Gasteiger partial charge on any atom is 0.149 e. The standard InChI is InChI=1S/C16H23NOS/c1-12-14-8-10-19-16(14)7-9-17(12)11-15(18)13-5-3-2-4-6-13/h8,10,12-13H,2-7,9,11H2,1H3. The lowest BCUT2D eigenvalue weighted by Gasteiger charge is -2.34. The van der Waals surface area contributed by atoms with Crippen molar-refractivity contribution in [3.05, 3.63) is 21.9 Å². The topological polar surface area (TPSA) is 20.3 Å². The van der Waals surface area contributed by atoms with Crippen molar-refractivity contribution in [2.24, 2.45) is 5.92 Å². The molecule has 1 aliphatic carbocycles. The lowest BCUT2D eigenvalue weighted by molar-refractivity contribution is -0.125. The Morgan fingerprint density at radius 1 is 1.37 bits per heavy atom. The van der Waals surface area contributed by atoms with Gasteiger partial charge in [-0.25, -0.2) is 0 Å². The van der Waals surface area contributed by atoms with E-state index in [2.05, 4.69) is 23.3 Å². The Morgan fingerprint density at radius 2 is 2.16 bits per heavy atom. The van der Waals surface area contributed by atoms with Crippen LogP contribution in [0.15, 0.2) is 11.4 Å². The van der Waals surface area contributed by atoms with Crippen LogP contribution in [0.5, 0.6) is 0 Å². The van der Waals surface area contributed by atoms with Gasteiger partial charge in [0.15, 0.2) is 0 Å². The summed E-state index contributed by atoms with van der Waals surface area (Å²) in [7, 11) is 0. The second-order valence-electron chi connectivity index (χ2n) is 6.00.